The molecule has 17 heavy (non-hydrogen) atoms. The van der Waals surface area contributed by atoms with E-state index in [0.29, 0.717) is 17.0 Å². The van der Waals surface area contributed by atoms with E-state index in [1.807, 2.05) is 0 Å². The summed E-state index contributed by atoms with van der Waals surface area (Å²) in [6, 6.07) is 6.67. The predicted molar refractivity (Wildman–Crippen MR) is 65.1 cm³/mol. The Balaban J connectivity index is 2.15. The lowest BCUT2D eigenvalue weighted by Gasteiger charge is -2.11. The molecule has 0 bridgehead atoms. The lowest BCUT2D eigenvalue weighted by molar-refractivity contribution is 0.0836. The van der Waals surface area contributed by atoms with Gasteiger partial charge in [-0.25, -0.2) is 0 Å². The first-order valence-corrected chi connectivity index (χ1v) is 5.73. The number of amidine groups is 1. The summed E-state index contributed by atoms with van der Waals surface area (Å²) in [7, 11) is 0. The molecule has 1 aromatic carbocycles. The van der Waals surface area contributed by atoms with Crippen molar-refractivity contribution in [2.75, 3.05) is 6.61 Å². The fourth-order valence-corrected chi connectivity index (χ4v) is 1.97. The highest BCUT2D eigenvalue weighted by Gasteiger charge is 2.35. The third-order valence-electron chi connectivity index (χ3n) is 3.20. The molecule has 1 atom stereocenters. The Morgan fingerprint density at radius 1 is 1.35 bits per heavy atom. The van der Waals surface area contributed by atoms with E-state index in [9.17, 15) is 9.90 Å². The Hall–Kier alpha value is -1.68. The molecule has 1 aliphatic rings. The number of hydrogen-bond acceptors (Lipinski definition) is 3. The molecule has 0 aromatic heterocycles. The van der Waals surface area contributed by atoms with E-state index in [1.54, 1.807) is 24.3 Å². The minimum atomic E-state index is -0.266. The van der Waals surface area contributed by atoms with Crippen molar-refractivity contribution in [2.24, 2.45) is 17.6 Å². The molecule has 0 aliphatic heterocycles. The topological polar surface area (TPSA) is 87.2 Å². The van der Waals surface area contributed by atoms with Crippen LogP contribution in [0.3, 0.4) is 0 Å². The lowest BCUT2D eigenvalue weighted by atomic mass is 9.93. The zero-order valence-corrected chi connectivity index (χ0v) is 9.52. The molecular weight excluding hydrogens is 216 g/mol. The summed E-state index contributed by atoms with van der Waals surface area (Å²) in [4.78, 5) is 12.1. The van der Waals surface area contributed by atoms with Gasteiger partial charge in [-0.1, -0.05) is 24.3 Å². The lowest BCUT2D eigenvalue weighted by Crippen LogP contribution is -2.21. The zero-order chi connectivity index (χ0) is 12.4. The van der Waals surface area contributed by atoms with Crippen LogP contribution in [0.15, 0.2) is 24.3 Å². The number of hydrogen-bond donors (Lipinski definition) is 3. The minimum absolute atomic E-state index is 0.00916. The van der Waals surface area contributed by atoms with Crippen molar-refractivity contribution in [3.05, 3.63) is 35.4 Å². The molecule has 4 N–H and O–H groups in total. The van der Waals surface area contributed by atoms with Gasteiger partial charge in [-0.15, -0.1) is 0 Å². The Labute approximate surface area is 100.0 Å². The summed E-state index contributed by atoms with van der Waals surface area (Å²) in [5.74, 6) is 0.0631. The number of carbonyl (C=O) groups excluding carboxylic acids is 1. The summed E-state index contributed by atoms with van der Waals surface area (Å²) < 4.78 is 0. The average molecular weight is 232 g/mol. The number of Topliss-reactive ketones (excluding diaryl/α,β-unsaturated/α-hetero) is 1. The van der Waals surface area contributed by atoms with Crippen LogP contribution in [-0.4, -0.2) is 23.3 Å². The third kappa shape index (κ3) is 2.53. The second kappa shape index (κ2) is 4.67. The number of ketones is 1. The number of nitrogen functional groups attached to an aromatic ring is 1. The van der Waals surface area contributed by atoms with Gasteiger partial charge >= 0.3 is 0 Å². The number of carbonyl (C=O) groups is 1. The number of rotatable bonds is 5. The minimum Gasteiger partial charge on any atom is -0.396 e. The van der Waals surface area contributed by atoms with Crippen LogP contribution in [0.2, 0.25) is 0 Å². The van der Waals surface area contributed by atoms with E-state index in [-0.39, 0.29) is 24.1 Å². The van der Waals surface area contributed by atoms with Crippen molar-refractivity contribution < 1.29 is 9.90 Å². The molecule has 0 saturated heterocycles. The van der Waals surface area contributed by atoms with Gasteiger partial charge < -0.3 is 10.8 Å². The van der Waals surface area contributed by atoms with E-state index >= 15 is 0 Å². The maximum absolute atomic E-state index is 12.1. The number of benzene rings is 1. The summed E-state index contributed by atoms with van der Waals surface area (Å²) in [5.41, 5.74) is 6.53. The van der Waals surface area contributed by atoms with Gasteiger partial charge in [0.2, 0.25) is 0 Å². The van der Waals surface area contributed by atoms with Gasteiger partial charge in [-0.2, -0.15) is 0 Å². The SMILES string of the molecule is N=C(N)c1ccc(C(=O)C(CO)C2CC2)cc1. The Morgan fingerprint density at radius 2 is 1.88 bits per heavy atom. The number of nitrogens with one attached hydrogen (secondary N) is 1. The van der Waals surface area contributed by atoms with Crippen LogP contribution in [0.25, 0.3) is 0 Å². The van der Waals surface area contributed by atoms with Crippen LogP contribution in [0, 0.1) is 17.2 Å². The molecule has 1 aromatic rings. The highest BCUT2D eigenvalue weighted by Crippen LogP contribution is 2.38. The van der Waals surface area contributed by atoms with E-state index < -0.39 is 0 Å². The van der Waals surface area contributed by atoms with Gasteiger partial charge in [0.1, 0.15) is 5.84 Å². The standard InChI is InChI=1S/C13H16N2O2/c14-13(15)10-5-3-9(4-6-10)12(17)11(7-16)8-1-2-8/h3-6,8,11,16H,1-2,7H2,(H3,14,15). The third-order valence-corrected chi connectivity index (χ3v) is 3.20. The van der Waals surface area contributed by atoms with Crippen molar-refractivity contribution in [3.63, 3.8) is 0 Å². The van der Waals surface area contributed by atoms with E-state index in [4.69, 9.17) is 11.1 Å². The van der Waals surface area contributed by atoms with Crippen molar-refractivity contribution in [1.29, 1.82) is 5.41 Å². The quantitative estimate of drug-likeness (QED) is 0.404. The zero-order valence-electron chi connectivity index (χ0n) is 9.52. The van der Waals surface area contributed by atoms with E-state index in [0.717, 1.165) is 12.8 Å². The molecule has 2 rings (SSSR count). The van der Waals surface area contributed by atoms with Crippen molar-refractivity contribution >= 4 is 11.6 Å². The molecule has 4 heteroatoms. The molecular formula is C13H16N2O2. The van der Waals surface area contributed by atoms with Crippen LogP contribution in [-0.2, 0) is 0 Å². The first-order valence-electron chi connectivity index (χ1n) is 5.73. The van der Waals surface area contributed by atoms with Crippen LogP contribution in [0.4, 0.5) is 0 Å². The summed E-state index contributed by atoms with van der Waals surface area (Å²) in [6.45, 7) is -0.0854. The largest absolute Gasteiger partial charge is 0.396 e. The summed E-state index contributed by atoms with van der Waals surface area (Å²) >= 11 is 0. The molecule has 0 spiro atoms. The summed E-state index contributed by atoms with van der Waals surface area (Å²) in [5, 5.41) is 16.5. The molecule has 0 heterocycles. The van der Waals surface area contributed by atoms with Crippen LogP contribution in [0.5, 0.6) is 0 Å². The van der Waals surface area contributed by atoms with Gasteiger partial charge in [0.05, 0.1) is 6.61 Å². The Morgan fingerprint density at radius 3 is 2.29 bits per heavy atom. The second-order valence-corrected chi connectivity index (χ2v) is 4.48. The van der Waals surface area contributed by atoms with Gasteiger partial charge in [0.15, 0.2) is 5.78 Å². The molecule has 0 radical (unpaired) electrons. The van der Waals surface area contributed by atoms with Crippen LogP contribution in [0.1, 0.15) is 28.8 Å². The normalized spacial score (nSPS) is 16.5. The summed E-state index contributed by atoms with van der Waals surface area (Å²) in [6.07, 6.45) is 2.06. The van der Waals surface area contributed by atoms with E-state index in [2.05, 4.69) is 0 Å². The first kappa shape index (κ1) is 11.8. The van der Waals surface area contributed by atoms with Gasteiger partial charge in [0.25, 0.3) is 0 Å². The van der Waals surface area contributed by atoms with Crippen molar-refractivity contribution in [2.45, 2.75) is 12.8 Å². The molecule has 1 aliphatic carbocycles. The highest BCUT2D eigenvalue weighted by molar-refractivity contribution is 6.00. The molecule has 0 amide bonds. The average Bonchev–Trinajstić information content (AvgIpc) is 3.14. The second-order valence-electron chi connectivity index (χ2n) is 4.48. The fourth-order valence-electron chi connectivity index (χ4n) is 1.97. The van der Waals surface area contributed by atoms with E-state index in [1.165, 1.54) is 0 Å². The smallest absolute Gasteiger partial charge is 0.168 e. The maximum Gasteiger partial charge on any atom is 0.168 e. The van der Waals surface area contributed by atoms with Gasteiger partial charge in [0, 0.05) is 17.0 Å². The number of nitrogens with two attached hydrogens (primary N) is 1. The Bertz CT molecular complexity index is 435. The van der Waals surface area contributed by atoms with Crippen LogP contribution >= 0.6 is 0 Å². The molecule has 1 unspecified atom stereocenters. The monoisotopic (exact) mass is 232 g/mol. The number of aliphatic hydroxyl groups excluding tert-OH is 1. The Kier molecular flexibility index (Phi) is 3.24. The highest BCUT2D eigenvalue weighted by atomic mass is 16.3. The fraction of sp³-hybridized carbons (Fsp3) is 0.385. The molecule has 4 nitrogen and oxygen atoms in total. The molecule has 1 fully saturated rings. The maximum atomic E-state index is 12.1. The number of aliphatic hydroxyl groups is 1. The first-order chi connectivity index (χ1) is 8.13. The van der Waals surface area contributed by atoms with Gasteiger partial charge in [-0.05, 0) is 18.8 Å². The van der Waals surface area contributed by atoms with Crippen molar-refractivity contribution in [1.82, 2.24) is 0 Å². The van der Waals surface area contributed by atoms with Gasteiger partial charge in [-0.3, -0.25) is 10.2 Å². The molecule has 1 saturated carbocycles. The molecule has 90 valence electrons. The predicted octanol–water partition coefficient (Wildman–Crippen LogP) is 1.17. The van der Waals surface area contributed by atoms with Crippen molar-refractivity contribution in [3.8, 4) is 0 Å². The van der Waals surface area contributed by atoms with Crippen LogP contribution < -0.4 is 5.73 Å².